The number of rotatable bonds is 5. The van der Waals surface area contributed by atoms with Crippen molar-refractivity contribution >= 4 is 26.7 Å². The van der Waals surface area contributed by atoms with Gasteiger partial charge in [0, 0.05) is 51.7 Å². The Labute approximate surface area is 206 Å². The number of sulfonamides is 1. The zero-order chi connectivity index (χ0) is 24.4. The van der Waals surface area contributed by atoms with Crippen molar-refractivity contribution in [1.82, 2.24) is 14.1 Å². The van der Waals surface area contributed by atoms with Gasteiger partial charge in [0.2, 0.25) is 15.9 Å². The maximum absolute atomic E-state index is 14.1. The van der Waals surface area contributed by atoms with Gasteiger partial charge in [0.25, 0.3) is 0 Å². The maximum Gasteiger partial charge on any atom is 0.245 e. The van der Waals surface area contributed by atoms with Crippen LogP contribution in [0.1, 0.15) is 18.4 Å². The second kappa shape index (κ2) is 10.0. The van der Waals surface area contributed by atoms with Gasteiger partial charge in [0.05, 0.1) is 0 Å². The number of piperidine rings is 1. The largest absolute Gasteiger partial charge is 0.340 e. The number of carbonyl (C=O) groups excluding carboxylic acids is 1. The Bertz CT molecular complexity index is 1310. The lowest BCUT2D eigenvalue weighted by molar-refractivity contribution is -0.138. The first-order valence-corrected chi connectivity index (χ1v) is 13.6. The minimum absolute atomic E-state index is 0.109. The molecule has 3 aromatic rings. The van der Waals surface area contributed by atoms with Crippen molar-refractivity contribution in [2.75, 3.05) is 39.3 Å². The summed E-state index contributed by atoms with van der Waals surface area (Å²) in [5.74, 6) is -0.823. The summed E-state index contributed by atoms with van der Waals surface area (Å²) in [6.07, 6.45) is 0.922. The number of hydrogen-bond donors (Lipinski definition) is 0. The van der Waals surface area contributed by atoms with E-state index in [0.717, 1.165) is 25.7 Å². The highest BCUT2D eigenvalue weighted by atomic mass is 32.2. The fraction of sp³-hybridized carbons (Fsp3) is 0.370. The molecule has 0 bridgehead atoms. The monoisotopic (exact) mass is 495 g/mol. The number of benzene rings is 3. The lowest BCUT2D eigenvalue weighted by Gasteiger charge is -2.38. The van der Waals surface area contributed by atoms with Crippen LogP contribution in [0.15, 0.2) is 71.6 Å². The molecule has 2 aliphatic heterocycles. The number of fused-ring (bicyclic) bond motifs is 1. The molecule has 184 valence electrons. The Hall–Kier alpha value is -2.81. The van der Waals surface area contributed by atoms with Gasteiger partial charge in [-0.15, -0.1) is 0 Å². The topological polar surface area (TPSA) is 60.9 Å². The molecule has 6 nitrogen and oxygen atoms in total. The highest BCUT2D eigenvalue weighted by Gasteiger charge is 2.35. The van der Waals surface area contributed by atoms with Crippen LogP contribution in [0.3, 0.4) is 0 Å². The first kappa shape index (κ1) is 23.9. The van der Waals surface area contributed by atoms with Crippen LogP contribution in [0, 0.1) is 11.7 Å². The number of carbonyl (C=O) groups is 1. The number of hydrogen-bond acceptors (Lipinski definition) is 4. The molecule has 0 saturated carbocycles. The van der Waals surface area contributed by atoms with Gasteiger partial charge < -0.3 is 4.90 Å². The molecule has 2 fully saturated rings. The van der Waals surface area contributed by atoms with Crippen LogP contribution in [0.5, 0.6) is 0 Å². The van der Waals surface area contributed by atoms with Crippen LogP contribution in [0.25, 0.3) is 10.8 Å². The lowest BCUT2D eigenvalue weighted by atomic mass is 9.96. The van der Waals surface area contributed by atoms with E-state index in [1.54, 1.807) is 0 Å². The molecule has 0 unspecified atom stereocenters. The van der Waals surface area contributed by atoms with Gasteiger partial charge in [0.1, 0.15) is 10.7 Å². The molecule has 2 aliphatic rings. The molecule has 8 heteroatoms. The molecule has 5 rings (SSSR count). The van der Waals surface area contributed by atoms with Gasteiger partial charge in [-0.05, 0) is 41.3 Å². The molecule has 35 heavy (non-hydrogen) atoms. The summed E-state index contributed by atoms with van der Waals surface area (Å²) in [7, 11) is -3.89. The van der Waals surface area contributed by atoms with Crippen LogP contribution in [0.2, 0.25) is 0 Å². The summed E-state index contributed by atoms with van der Waals surface area (Å²) in [5, 5.41) is 2.51. The highest BCUT2D eigenvalue weighted by molar-refractivity contribution is 7.89. The van der Waals surface area contributed by atoms with Crippen molar-refractivity contribution in [1.29, 1.82) is 0 Å². The number of halogens is 1. The summed E-state index contributed by atoms with van der Waals surface area (Å²) in [4.78, 5) is 17.2. The third kappa shape index (κ3) is 4.96. The lowest BCUT2D eigenvalue weighted by Crippen LogP contribution is -2.51. The fourth-order valence-electron chi connectivity index (χ4n) is 5.19. The number of nitrogens with zero attached hydrogens (tertiary/aromatic N) is 3. The van der Waals surface area contributed by atoms with Crippen LogP contribution >= 0.6 is 0 Å². The Balaban J connectivity index is 1.15. The zero-order valence-electron chi connectivity index (χ0n) is 19.6. The summed E-state index contributed by atoms with van der Waals surface area (Å²) in [6, 6.07) is 20.2. The SMILES string of the molecule is O=C(C1CCN(S(=O)(=O)c2ccccc2F)CC1)N1CCN(Cc2cccc3ccccc23)CC1. The van der Waals surface area contributed by atoms with Gasteiger partial charge in [-0.25, -0.2) is 12.8 Å². The van der Waals surface area contributed by atoms with Crippen molar-refractivity contribution in [2.24, 2.45) is 5.92 Å². The fourth-order valence-corrected chi connectivity index (χ4v) is 6.73. The van der Waals surface area contributed by atoms with Crippen LogP contribution in [-0.4, -0.2) is 67.7 Å². The maximum atomic E-state index is 14.1. The van der Waals surface area contributed by atoms with Gasteiger partial charge in [-0.1, -0.05) is 54.6 Å². The minimum atomic E-state index is -3.89. The van der Waals surface area contributed by atoms with Gasteiger partial charge in [0.15, 0.2) is 0 Å². The molecule has 2 saturated heterocycles. The van der Waals surface area contributed by atoms with E-state index in [0.29, 0.717) is 25.9 Å². The summed E-state index contributed by atoms with van der Waals surface area (Å²) < 4.78 is 41.0. The van der Waals surface area contributed by atoms with E-state index >= 15 is 0 Å². The van der Waals surface area contributed by atoms with E-state index in [-0.39, 0.29) is 29.8 Å². The Morgan fingerprint density at radius 2 is 1.49 bits per heavy atom. The quantitative estimate of drug-likeness (QED) is 0.541. The smallest absolute Gasteiger partial charge is 0.245 e. The van der Waals surface area contributed by atoms with Crippen LogP contribution in [0.4, 0.5) is 4.39 Å². The summed E-state index contributed by atoms with van der Waals surface area (Å²) in [6.45, 7) is 4.30. The molecule has 3 aromatic carbocycles. The van der Waals surface area contributed by atoms with Crippen molar-refractivity contribution < 1.29 is 17.6 Å². The van der Waals surface area contributed by atoms with E-state index in [4.69, 9.17) is 0 Å². The standard InChI is InChI=1S/C27H30FN3O3S/c28-25-10-3-4-11-26(25)35(33,34)31-14-12-22(13-15-31)27(32)30-18-16-29(17-19-30)20-23-8-5-7-21-6-1-2-9-24(21)23/h1-11,22H,12-20H2. The number of amides is 1. The Morgan fingerprint density at radius 3 is 2.23 bits per heavy atom. The van der Waals surface area contributed by atoms with Crippen LogP contribution in [-0.2, 0) is 21.4 Å². The third-order valence-electron chi connectivity index (χ3n) is 7.22. The molecular weight excluding hydrogens is 465 g/mol. The second-order valence-electron chi connectivity index (χ2n) is 9.35. The minimum Gasteiger partial charge on any atom is -0.340 e. The van der Waals surface area contributed by atoms with E-state index in [1.165, 1.54) is 38.8 Å². The van der Waals surface area contributed by atoms with E-state index in [1.807, 2.05) is 4.90 Å². The first-order chi connectivity index (χ1) is 16.9. The molecule has 0 spiro atoms. The molecule has 2 heterocycles. The van der Waals surface area contributed by atoms with E-state index in [9.17, 15) is 17.6 Å². The summed E-state index contributed by atoms with van der Waals surface area (Å²) >= 11 is 0. The molecule has 0 N–H and O–H groups in total. The van der Waals surface area contributed by atoms with Gasteiger partial charge in [-0.2, -0.15) is 4.31 Å². The van der Waals surface area contributed by atoms with E-state index in [2.05, 4.69) is 47.4 Å². The predicted molar refractivity (Wildman–Crippen MR) is 134 cm³/mol. The molecular formula is C27H30FN3O3S. The average Bonchev–Trinajstić information content (AvgIpc) is 2.89. The molecule has 0 aromatic heterocycles. The van der Waals surface area contributed by atoms with Crippen molar-refractivity contribution in [3.63, 3.8) is 0 Å². The first-order valence-electron chi connectivity index (χ1n) is 12.2. The van der Waals surface area contributed by atoms with E-state index < -0.39 is 15.8 Å². The Kier molecular flexibility index (Phi) is 6.86. The molecule has 0 radical (unpaired) electrons. The molecule has 0 atom stereocenters. The second-order valence-corrected chi connectivity index (χ2v) is 11.3. The predicted octanol–water partition coefficient (Wildman–Crippen LogP) is 3.72. The number of piperazine rings is 1. The Morgan fingerprint density at radius 1 is 0.829 bits per heavy atom. The van der Waals surface area contributed by atoms with Crippen LogP contribution < -0.4 is 0 Å². The van der Waals surface area contributed by atoms with Gasteiger partial charge >= 0.3 is 0 Å². The molecule has 1 amide bonds. The van der Waals surface area contributed by atoms with Crippen molar-refractivity contribution in [2.45, 2.75) is 24.3 Å². The molecule has 0 aliphatic carbocycles. The van der Waals surface area contributed by atoms with Gasteiger partial charge in [-0.3, -0.25) is 9.69 Å². The summed E-state index contributed by atoms with van der Waals surface area (Å²) in [5.41, 5.74) is 1.30. The normalized spacial score (nSPS) is 18.7. The van der Waals surface area contributed by atoms with Crippen molar-refractivity contribution in [3.8, 4) is 0 Å². The van der Waals surface area contributed by atoms with Crippen molar-refractivity contribution in [3.05, 3.63) is 78.1 Å². The third-order valence-corrected chi connectivity index (χ3v) is 9.15. The zero-order valence-corrected chi connectivity index (χ0v) is 20.5. The average molecular weight is 496 g/mol. The highest BCUT2D eigenvalue weighted by Crippen LogP contribution is 2.27.